The van der Waals surface area contributed by atoms with E-state index in [0.29, 0.717) is 0 Å². The van der Waals surface area contributed by atoms with Crippen molar-refractivity contribution in [3.05, 3.63) is 58.6 Å². The van der Waals surface area contributed by atoms with E-state index in [-0.39, 0.29) is 11.4 Å². The van der Waals surface area contributed by atoms with Crippen molar-refractivity contribution < 1.29 is 4.79 Å². The fraction of sp³-hybridized carbons (Fsp3) is 0.435. The first-order valence-corrected chi connectivity index (χ1v) is 10.6. The van der Waals surface area contributed by atoms with Crippen molar-refractivity contribution in [3.8, 4) is 11.1 Å². The average Bonchev–Trinajstić information content (AvgIpc) is 2.61. The summed E-state index contributed by atoms with van der Waals surface area (Å²) >= 11 is 3.49. The molecule has 2 aromatic carbocycles. The standard InChI is InChI=1S/C23H24BrNO/c24-19-7-5-18(6-8-19)20-3-1-2-4-21(20)22(26)25-23-12-15-9-16(13-23)11-17(10-15)14-23/h1-8,15-17H,9-14H2,(H,25,26). The van der Waals surface area contributed by atoms with Crippen LogP contribution < -0.4 is 5.32 Å². The molecule has 1 amide bonds. The summed E-state index contributed by atoms with van der Waals surface area (Å²) in [5, 5.41) is 3.51. The van der Waals surface area contributed by atoms with Crippen molar-refractivity contribution in [2.24, 2.45) is 17.8 Å². The molecule has 0 unspecified atom stereocenters. The highest BCUT2D eigenvalue weighted by atomic mass is 79.9. The Morgan fingerprint density at radius 3 is 2.08 bits per heavy atom. The van der Waals surface area contributed by atoms with Crippen molar-refractivity contribution in [1.29, 1.82) is 0 Å². The summed E-state index contributed by atoms with van der Waals surface area (Å²) in [4.78, 5) is 13.3. The zero-order chi connectivity index (χ0) is 17.7. The lowest BCUT2D eigenvalue weighted by Crippen LogP contribution is -2.59. The number of benzene rings is 2. The van der Waals surface area contributed by atoms with Crippen LogP contribution in [0.5, 0.6) is 0 Å². The summed E-state index contributed by atoms with van der Waals surface area (Å²) in [5.74, 6) is 2.61. The van der Waals surface area contributed by atoms with Gasteiger partial charge in [0.25, 0.3) is 5.91 Å². The molecule has 0 saturated heterocycles. The summed E-state index contributed by atoms with van der Waals surface area (Å²) in [6.07, 6.45) is 7.74. The van der Waals surface area contributed by atoms with E-state index in [4.69, 9.17) is 0 Å². The average molecular weight is 410 g/mol. The van der Waals surface area contributed by atoms with Crippen molar-refractivity contribution in [3.63, 3.8) is 0 Å². The van der Waals surface area contributed by atoms with Crippen LogP contribution in [0.2, 0.25) is 0 Å². The molecule has 2 aromatic rings. The van der Waals surface area contributed by atoms with Crippen LogP contribution in [-0.4, -0.2) is 11.4 Å². The minimum atomic E-state index is 0.0542. The lowest BCUT2D eigenvalue weighted by atomic mass is 9.53. The largest absolute Gasteiger partial charge is 0.347 e. The second kappa shape index (κ2) is 6.23. The van der Waals surface area contributed by atoms with E-state index in [0.717, 1.165) is 38.9 Å². The zero-order valence-electron chi connectivity index (χ0n) is 14.9. The Balaban J connectivity index is 1.44. The van der Waals surface area contributed by atoms with Gasteiger partial charge in [-0.1, -0.05) is 46.3 Å². The molecule has 4 aliphatic rings. The molecular weight excluding hydrogens is 386 g/mol. The molecule has 0 spiro atoms. The van der Waals surface area contributed by atoms with Crippen molar-refractivity contribution in [2.45, 2.75) is 44.1 Å². The third kappa shape index (κ3) is 2.90. The molecule has 134 valence electrons. The number of rotatable bonds is 3. The first-order chi connectivity index (χ1) is 12.6. The van der Waals surface area contributed by atoms with Gasteiger partial charge >= 0.3 is 0 Å². The van der Waals surface area contributed by atoms with Gasteiger partial charge in [-0.15, -0.1) is 0 Å². The Labute approximate surface area is 163 Å². The number of carbonyl (C=O) groups excluding carboxylic acids is 1. The zero-order valence-corrected chi connectivity index (χ0v) is 16.5. The Morgan fingerprint density at radius 2 is 1.46 bits per heavy atom. The van der Waals surface area contributed by atoms with Gasteiger partial charge < -0.3 is 5.32 Å². The number of amides is 1. The van der Waals surface area contributed by atoms with E-state index in [9.17, 15) is 4.79 Å². The summed E-state index contributed by atoms with van der Waals surface area (Å²) < 4.78 is 1.05. The lowest BCUT2D eigenvalue weighted by molar-refractivity contribution is -0.0166. The van der Waals surface area contributed by atoms with Gasteiger partial charge in [0.1, 0.15) is 0 Å². The Kier molecular flexibility index (Phi) is 3.97. The highest BCUT2D eigenvalue weighted by Crippen LogP contribution is 2.55. The predicted molar refractivity (Wildman–Crippen MR) is 108 cm³/mol. The van der Waals surface area contributed by atoms with Crippen molar-refractivity contribution in [1.82, 2.24) is 5.32 Å². The van der Waals surface area contributed by atoms with E-state index in [1.165, 1.54) is 38.5 Å². The number of nitrogens with one attached hydrogen (secondary N) is 1. The Hall–Kier alpha value is -1.61. The van der Waals surface area contributed by atoms with E-state index in [1.54, 1.807) is 0 Å². The molecule has 26 heavy (non-hydrogen) atoms. The van der Waals surface area contributed by atoms with Crippen molar-refractivity contribution in [2.75, 3.05) is 0 Å². The second-order valence-electron chi connectivity index (χ2n) is 8.70. The molecule has 0 atom stereocenters. The molecule has 0 heterocycles. The van der Waals surface area contributed by atoms with E-state index in [1.807, 2.05) is 30.3 Å². The first-order valence-electron chi connectivity index (χ1n) is 9.78. The van der Waals surface area contributed by atoms with Crippen LogP contribution in [0.15, 0.2) is 53.0 Å². The summed E-state index contributed by atoms with van der Waals surface area (Å²) in [5.41, 5.74) is 2.95. The van der Waals surface area contributed by atoms with E-state index >= 15 is 0 Å². The van der Waals surface area contributed by atoms with Crippen molar-refractivity contribution >= 4 is 21.8 Å². The molecule has 2 nitrogen and oxygen atoms in total. The maximum atomic E-state index is 13.3. The number of carbonyl (C=O) groups is 1. The summed E-state index contributed by atoms with van der Waals surface area (Å²) in [6.45, 7) is 0. The van der Waals surface area contributed by atoms with Crippen LogP contribution in [0.1, 0.15) is 48.9 Å². The van der Waals surface area contributed by atoms with Crippen LogP contribution in [0.3, 0.4) is 0 Å². The highest BCUT2D eigenvalue weighted by Gasteiger charge is 2.51. The molecule has 4 bridgehead atoms. The van der Waals surface area contributed by atoms with Gasteiger partial charge in [0, 0.05) is 15.6 Å². The molecule has 0 aromatic heterocycles. The van der Waals surface area contributed by atoms with Gasteiger partial charge in [0.15, 0.2) is 0 Å². The topological polar surface area (TPSA) is 29.1 Å². The molecule has 6 rings (SSSR count). The molecular formula is C23H24BrNO. The van der Waals surface area contributed by atoms with Crippen LogP contribution in [0.4, 0.5) is 0 Å². The van der Waals surface area contributed by atoms with Gasteiger partial charge in [-0.05, 0) is 85.6 Å². The van der Waals surface area contributed by atoms with Crippen LogP contribution >= 0.6 is 15.9 Å². The highest BCUT2D eigenvalue weighted by molar-refractivity contribution is 9.10. The third-order valence-corrected chi connectivity index (χ3v) is 7.27. The summed E-state index contributed by atoms with van der Waals surface area (Å²) in [6, 6.07) is 16.2. The number of hydrogen-bond acceptors (Lipinski definition) is 1. The maximum absolute atomic E-state index is 13.3. The molecule has 4 fully saturated rings. The first kappa shape index (κ1) is 16.6. The van der Waals surface area contributed by atoms with Gasteiger partial charge in [-0.2, -0.15) is 0 Å². The molecule has 3 heteroatoms. The molecule has 1 N–H and O–H groups in total. The van der Waals surface area contributed by atoms with Gasteiger partial charge in [-0.3, -0.25) is 4.79 Å². The minimum Gasteiger partial charge on any atom is -0.347 e. The molecule has 0 aliphatic heterocycles. The quantitative estimate of drug-likeness (QED) is 0.679. The predicted octanol–water partition coefficient (Wildman–Crippen LogP) is 5.81. The van der Waals surface area contributed by atoms with E-state index in [2.05, 4.69) is 39.4 Å². The fourth-order valence-corrected chi connectivity index (χ4v) is 6.40. The fourth-order valence-electron chi connectivity index (χ4n) is 6.13. The van der Waals surface area contributed by atoms with Gasteiger partial charge in [-0.25, -0.2) is 0 Å². The molecule has 0 radical (unpaired) electrons. The smallest absolute Gasteiger partial charge is 0.252 e. The number of halogens is 1. The lowest BCUT2D eigenvalue weighted by Gasteiger charge is -2.56. The normalized spacial score (nSPS) is 31.8. The molecule has 4 aliphatic carbocycles. The van der Waals surface area contributed by atoms with E-state index < -0.39 is 0 Å². The van der Waals surface area contributed by atoms with Crippen LogP contribution in [-0.2, 0) is 0 Å². The second-order valence-corrected chi connectivity index (χ2v) is 9.62. The monoisotopic (exact) mass is 409 g/mol. The Bertz CT molecular complexity index is 806. The van der Waals surface area contributed by atoms with Gasteiger partial charge in [0.2, 0.25) is 0 Å². The van der Waals surface area contributed by atoms with Crippen LogP contribution in [0.25, 0.3) is 11.1 Å². The molecule has 4 saturated carbocycles. The number of hydrogen-bond donors (Lipinski definition) is 1. The maximum Gasteiger partial charge on any atom is 0.252 e. The summed E-state index contributed by atoms with van der Waals surface area (Å²) in [7, 11) is 0. The van der Waals surface area contributed by atoms with Gasteiger partial charge in [0.05, 0.1) is 0 Å². The Morgan fingerprint density at radius 1 is 0.885 bits per heavy atom. The third-order valence-electron chi connectivity index (χ3n) is 6.74. The van der Waals surface area contributed by atoms with Crippen LogP contribution in [0, 0.1) is 17.8 Å². The SMILES string of the molecule is O=C(NC12CC3CC(CC(C3)C1)C2)c1ccccc1-c1ccc(Br)cc1. The minimum absolute atomic E-state index is 0.0542.